The average molecular weight is 339 g/mol. The number of amides is 1. The van der Waals surface area contributed by atoms with Crippen LogP contribution in [0.4, 0.5) is 0 Å². The molecule has 1 amide bonds. The van der Waals surface area contributed by atoms with Crippen molar-refractivity contribution >= 4 is 27.3 Å². The molecule has 0 saturated heterocycles. The second-order valence-electron chi connectivity index (χ2n) is 4.71. The third kappa shape index (κ3) is 5.55. The predicted molar refractivity (Wildman–Crippen MR) is 86.5 cm³/mol. The van der Waals surface area contributed by atoms with Crippen LogP contribution in [0.5, 0.6) is 0 Å². The number of hydrogen-bond donors (Lipinski definition) is 2. The molecule has 2 N–H and O–H groups in total. The fourth-order valence-electron chi connectivity index (χ4n) is 1.77. The minimum Gasteiger partial charge on any atom is -0.349 e. The van der Waals surface area contributed by atoms with Crippen molar-refractivity contribution in [1.82, 2.24) is 15.0 Å². The monoisotopic (exact) mass is 339 g/mol. The van der Waals surface area contributed by atoms with Gasteiger partial charge >= 0.3 is 0 Å². The Kier molecular flexibility index (Phi) is 5.64. The minimum absolute atomic E-state index is 0.158. The number of sulfonamides is 1. The van der Waals surface area contributed by atoms with Crippen LogP contribution in [0.25, 0.3) is 0 Å². The van der Waals surface area contributed by atoms with Crippen LogP contribution in [0, 0.1) is 0 Å². The van der Waals surface area contributed by atoms with Crippen LogP contribution in [0.1, 0.15) is 21.1 Å². The number of rotatable bonds is 7. The van der Waals surface area contributed by atoms with E-state index in [4.69, 9.17) is 0 Å². The fourth-order valence-corrected chi connectivity index (χ4v) is 3.05. The Morgan fingerprint density at radius 1 is 1.23 bits per heavy atom. The summed E-state index contributed by atoms with van der Waals surface area (Å²) >= 11 is 1.43. The van der Waals surface area contributed by atoms with E-state index in [0.717, 1.165) is 16.8 Å². The van der Waals surface area contributed by atoms with Crippen molar-refractivity contribution in [2.75, 3.05) is 19.3 Å². The number of aromatic nitrogens is 1. The van der Waals surface area contributed by atoms with Crippen LogP contribution in [0.2, 0.25) is 0 Å². The molecule has 2 aromatic rings. The van der Waals surface area contributed by atoms with Gasteiger partial charge in [-0.3, -0.25) is 4.79 Å². The van der Waals surface area contributed by atoms with Gasteiger partial charge in [-0.1, -0.05) is 30.3 Å². The van der Waals surface area contributed by atoms with E-state index < -0.39 is 10.0 Å². The highest BCUT2D eigenvalue weighted by Gasteiger charge is 2.10. The van der Waals surface area contributed by atoms with E-state index in [-0.39, 0.29) is 19.0 Å². The number of nitrogens with zero attached hydrogens (tertiary/aromatic N) is 1. The summed E-state index contributed by atoms with van der Waals surface area (Å²) in [7, 11) is -3.23. The smallest absolute Gasteiger partial charge is 0.270 e. The van der Waals surface area contributed by atoms with E-state index in [0.29, 0.717) is 12.1 Å². The first kappa shape index (κ1) is 16.6. The van der Waals surface area contributed by atoms with E-state index in [9.17, 15) is 13.2 Å². The molecule has 1 heterocycles. The molecule has 0 fully saturated rings. The summed E-state index contributed by atoms with van der Waals surface area (Å²) in [6.45, 7) is 0.378. The summed E-state index contributed by atoms with van der Waals surface area (Å²) in [6, 6.07) is 9.90. The van der Waals surface area contributed by atoms with E-state index >= 15 is 0 Å². The van der Waals surface area contributed by atoms with Crippen molar-refractivity contribution in [3.63, 3.8) is 0 Å². The van der Waals surface area contributed by atoms with Crippen LogP contribution < -0.4 is 10.0 Å². The molecule has 0 spiro atoms. The van der Waals surface area contributed by atoms with Gasteiger partial charge in [0.15, 0.2) is 0 Å². The van der Waals surface area contributed by atoms with Crippen molar-refractivity contribution in [2.45, 2.75) is 6.42 Å². The van der Waals surface area contributed by atoms with Crippen molar-refractivity contribution in [3.05, 3.63) is 52.0 Å². The Labute approximate surface area is 133 Å². The molecule has 0 aliphatic heterocycles. The zero-order valence-electron chi connectivity index (χ0n) is 12.1. The van der Waals surface area contributed by atoms with Crippen LogP contribution in [0.3, 0.4) is 0 Å². The number of hydrogen-bond acceptors (Lipinski definition) is 5. The zero-order chi connectivity index (χ0) is 16.0. The quantitative estimate of drug-likeness (QED) is 0.737. The normalized spacial score (nSPS) is 11.3. The highest BCUT2D eigenvalue weighted by atomic mass is 32.2. The van der Waals surface area contributed by atoms with Gasteiger partial charge < -0.3 is 5.32 Å². The van der Waals surface area contributed by atoms with Gasteiger partial charge in [-0.05, 0) is 5.56 Å². The van der Waals surface area contributed by atoms with Crippen molar-refractivity contribution in [3.8, 4) is 0 Å². The molecule has 8 heteroatoms. The molecule has 0 bridgehead atoms. The number of nitrogens with one attached hydrogen (secondary N) is 2. The fraction of sp³-hybridized carbons (Fsp3) is 0.286. The molecule has 6 nitrogen and oxygen atoms in total. The van der Waals surface area contributed by atoms with Gasteiger partial charge in [0, 0.05) is 24.9 Å². The summed E-state index contributed by atoms with van der Waals surface area (Å²) in [5, 5.41) is 5.20. The van der Waals surface area contributed by atoms with E-state index in [2.05, 4.69) is 15.0 Å². The maximum Gasteiger partial charge on any atom is 0.270 e. The van der Waals surface area contributed by atoms with Gasteiger partial charge in [0.05, 0.1) is 11.3 Å². The molecule has 0 atom stereocenters. The Morgan fingerprint density at radius 3 is 2.64 bits per heavy atom. The molecule has 1 aromatic carbocycles. The minimum atomic E-state index is -3.23. The van der Waals surface area contributed by atoms with Crippen molar-refractivity contribution in [2.24, 2.45) is 0 Å². The lowest BCUT2D eigenvalue weighted by Gasteiger charge is -2.03. The van der Waals surface area contributed by atoms with Gasteiger partial charge in [-0.15, -0.1) is 11.3 Å². The first-order valence-corrected chi connectivity index (χ1v) is 9.42. The second-order valence-corrected chi connectivity index (χ2v) is 7.49. The summed E-state index contributed by atoms with van der Waals surface area (Å²) in [4.78, 5) is 16.2. The van der Waals surface area contributed by atoms with Crippen LogP contribution >= 0.6 is 11.3 Å². The molecule has 0 aliphatic carbocycles. The molecule has 0 aliphatic rings. The van der Waals surface area contributed by atoms with Crippen LogP contribution in [-0.2, 0) is 16.4 Å². The largest absolute Gasteiger partial charge is 0.349 e. The number of carbonyl (C=O) groups is 1. The SMILES string of the molecule is CS(=O)(=O)NCCNC(=O)c1csc(Cc2ccccc2)n1. The van der Waals surface area contributed by atoms with Crippen molar-refractivity contribution in [1.29, 1.82) is 0 Å². The third-order valence-electron chi connectivity index (χ3n) is 2.76. The summed E-state index contributed by atoms with van der Waals surface area (Å²) in [5.74, 6) is -0.300. The molecule has 0 saturated carbocycles. The topological polar surface area (TPSA) is 88.2 Å². The molecule has 118 valence electrons. The molecule has 0 unspecified atom stereocenters. The molecular weight excluding hydrogens is 322 g/mol. The molecule has 2 rings (SSSR count). The Hall–Kier alpha value is -1.77. The number of thiazole rings is 1. The highest BCUT2D eigenvalue weighted by molar-refractivity contribution is 7.88. The number of benzene rings is 1. The van der Waals surface area contributed by atoms with Crippen molar-refractivity contribution < 1.29 is 13.2 Å². The van der Waals surface area contributed by atoms with Gasteiger partial charge in [0.2, 0.25) is 10.0 Å². The van der Waals surface area contributed by atoms with Gasteiger partial charge in [0.25, 0.3) is 5.91 Å². The Bertz CT molecular complexity index is 727. The van der Waals surface area contributed by atoms with Gasteiger partial charge in [-0.25, -0.2) is 18.1 Å². The maximum atomic E-state index is 11.9. The van der Waals surface area contributed by atoms with Crippen LogP contribution in [-0.4, -0.2) is 38.7 Å². The molecule has 22 heavy (non-hydrogen) atoms. The second kappa shape index (κ2) is 7.48. The standard InChI is InChI=1S/C14H17N3O3S2/c1-22(19,20)16-8-7-15-14(18)12-10-21-13(17-12)9-11-5-3-2-4-6-11/h2-6,10,16H,7-9H2,1H3,(H,15,18). The molecular formula is C14H17N3O3S2. The van der Waals surface area contributed by atoms with E-state index in [1.165, 1.54) is 11.3 Å². The summed E-state index contributed by atoms with van der Waals surface area (Å²) in [6.07, 6.45) is 1.76. The molecule has 0 radical (unpaired) electrons. The Balaban J connectivity index is 1.84. The zero-order valence-corrected chi connectivity index (χ0v) is 13.7. The Morgan fingerprint density at radius 2 is 1.95 bits per heavy atom. The average Bonchev–Trinajstić information content (AvgIpc) is 2.92. The first-order valence-electron chi connectivity index (χ1n) is 6.65. The highest BCUT2D eigenvalue weighted by Crippen LogP contribution is 2.14. The third-order valence-corrected chi connectivity index (χ3v) is 4.33. The lowest BCUT2D eigenvalue weighted by molar-refractivity contribution is 0.0950. The van der Waals surface area contributed by atoms with E-state index in [1.54, 1.807) is 5.38 Å². The number of carbonyl (C=O) groups excluding carboxylic acids is 1. The lowest BCUT2D eigenvalue weighted by Crippen LogP contribution is -2.34. The van der Waals surface area contributed by atoms with Gasteiger partial charge in [-0.2, -0.15) is 0 Å². The summed E-state index contributed by atoms with van der Waals surface area (Å²) < 4.78 is 24.1. The molecule has 1 aromatic heterocycles. The first-order chi connectivity index (χ1) is 10.4. The summed E-state index contributed by atoms with van der Waals surface area (Å²) in [5.41, 5.74) is 1.50. The van der Waals surface area contributed by atoms with Crippen LogP contribution in [0.15, 0.2) is 35.7 Å². The lowest BCUT2D eigenvalue weighted by atomic mass is 10.2. The predicted octanol–water partition coefficient (Wildman–Crippen LogP) is 1.01. The maximum absolute atomic E-state index is 11.9. The van der Waals surface area contributed by atoms with E-state index in [1.807, 2.05) is 30.3 Å². The van der Waals surface area contributed by atoms with Gasteiger partial charge in [0.1, 0.15) is 5.69 Å².